The Morgan fingerprint density at radius 3 is 2.92 bits per heavy atom. The van der Waals surface area contributed by atoms with Crippen molar-refractivity contribution in [1.29, 1.82) is 5.26 Å². The van der Waals surface area contributed by atoms with E-state index >= 15 is 0 Å². The lowest BCUT2D eigenvalue weighted by atomic mass is 10.0. The summed E-state index contributed by atoms with van der Waals surface area (Å²) in [6.45, 7) is 2.06. The molecule has 116 valence electrons. The number of aryl methyl sites for hydroxylation is 1. The van der Waals surface area contributed by atoms with Gasteiger partial charge in [-0.05, 0) is 36.8 Å². The summed E-state index contributed by atoms with van der Waals surface area (Å²) in [6, 6.07) is 10.1. The largest absolute Gasteiger partial charge is 0.472 e. The molecule has 3 aromatic heterocycles. The van der Waals surface area contributed by atoms with Gasteiger partial charge in [0.2, 0.25) is 0 Å². The van der Waals surface area contributed by atoms with E-state index in [0.717, 1.165) is 39.0 Å². The summed E-state index contributed by atoms with van der Waals surface area (Å²) in [5, 5.41) is 14.0. The number of benzene rings is 1. The van der Waals surface area contributed by atoms with E-state index in [0.29, 0.717) is 5.56 Å². The van der Waals surface area contributed by atoms with Crippen molar-refractivity contribution in [3.8, 4) is 17.2 Å². The summed E-state index contributed by atoms with van der Waals surface area (Å²) in [4.78, 5) is 7.37. The van der Waals surface area contributed by atoms with Gasteiger partial charge in [-0.15, -0.1) is 0 Å². The van der Waals surface area contributed by atoms with Crippen LogP contribution in [0.1, 0.15) is 11.1 Å². The number of rotatable bonds is 3. The van der Waals surface area contributed by atoms with Gasteiger partial charge in [-0.3, -0.25) is 4.98 Å². The molecule has 0 saturated carbocycles. The number of anilines is 2. The predicted octanol–water partition coefficient (Wildman–Crippen LogP) is 4.75. The molecule has 4 rings (SSSR count). The maximum absolute atomic E-state index is 9.47. The van der Waals surface area contributed by atoms with Gasteiger partial charge in [-0.2, -0.15) is 5.26 Å². The van der Waals surface area contributed by atoms with E-state index < -0.39 is 0 Å². The first-order valence-corrected chi connectivity index (χ1v) is 7.52. The van der Waals surface area contributed by atoms with Crippen molar-refractivity contribution in [1.82, 2.24) is 9.97 Å². The Morgan fingerprint density at radius 2 is 2.12 bits per heavy atom. The molecule has 0 atom stereocenters. The standard InChI is InChI=1S/C19H14N4O/c1-12-15-4-6-22-18(15)3-2-17(12)23-19-14(8-20)9-21-10-16(19)13-5-7-24-11-13/h2-7,9-11,22H,1H3,(H,21,23). The molecule has 24 heavy (non-hydrogen) atoms. The van der Waals surface area contributed by atoms with Crippen LogP contribution in [-0.4, -0.2) is 9.97 Å². The van der Waals surface area contributed by atoms with Crippen LogP contribution in [-0.2, 0) is 0 Å². The van der Waals surface area contributed by atoms with E-state index in [-0.39, 0.29) is 0 Å². The van der Waals surface area contributed by atoms with Gasteiger partial charge in [0.05, 0.1) is 23.8 Å². The molecule has 0 saturated heterocycles. The summed E-state index contributed by atoms with van der Waals surface area (Å²) in [7, 11) is 0. The van der Waals surface area contributed by atoms with Gasteiger partial charge in [0.15, 0.2) is 0 Å². The van der Waals surface area contributed by atoms with Gasteiger partial charge in [-0.1, -0.05) is 0 Å². The first kappa shape index (κ1) is 14.1. The smallest absolute Gasteiger partial charge is 0.103 e. The van der Waals surface area contributed by atoms with E-state index in [4.69, 9.17) is 4.42 Å². The normalized spacial score (nSPS) is 10.7. The number of hydrogen-bond donors (Lipinski definition) is 2. The zero-order valence-corrected chi connectivity index (χ0v) is 13.0. The Morgan fingerprint density at radius 1 is 1.21 bits per heavy atom. The van der Waals surface area contributed by atoms with Gasteiger partial charge in [0.25, 0.3) is 0 Å². The third-order valence-corrected chi connectivity index (χ3v) is 4.16. The number of nitrogens with zero attached hydrogens (tertiary/aromatic N) is 2. The lowest BCUT2D eigenvalue weighted by molar-refractivity contribution is 0.568. The molecule has 5 heteroatoms. The van der Waals surface area contributed by atoms with Crippen molar-refractivity contribution in [3.63, 3.8) is 0 Å². The van der Waals surface area contributed by atoms with Gasteiger partial charge < -0.3 is 14.7 Å². The summed E-state index contributed by atoms with van der Waals surface area (Å²) in [5.41, 5.74) is 6.08. The predicted molar refractivity (Wildman–Crippen MR) is 93.0 cm³/mol. The number of nitrogens with one attached hydrogen (secondary N) is 2. The first-order chi connectivity index (χ1) is 11.8. The Bertz CT molecular complexity index is 1050. The van der Waals surface area contributed by atoms with E-state index in [2.05, 4.69) is 28.3 Å². The highest BCUT2D eigenvalue weighted by atomic mass is 16.3. The van der Waals surface area contributed by atoms with Crippen molar-refractivity contribution in [2.75, 3.05) is 5.32 Å². The second kappa shape index (κ2) is 5.60. The van der Waals surface area contributed by atoms with Crippen LogP contribution in [0.4, 0.5) is 11.4 Å². The van der Waals surface area contributed by atoms with E-state index in [1.165, 1.54) is 0 Å². The molecular formula is C19H14N4O. The molecule has 0 fully saturated rings. The molecule has 0 radical (unpaired) electrons. The number of hydrogen-bond acceptors (Lipinski definition) is 4. The molecule has 0 aliphatic rings. The van der Waals surface area contributed by atoms with E-state index in [1.54, 1.807) is 24.9 Å². The quantitative estimate of drug-likeness (QED) is 0.572. The third kappa shape index (κ3) is 2.22. The number of aromatic amines is 1. The third-order valence-electron chi connectivity index (χ3n) is 4.16. The molecule has 0 amide bonds. The van der Waals surface area contributed by atoms with E-state index in [1.807, 2.05) is 30.5 Å². The molecule has 0 bridgehead atoms. The van der Waals surface area contributed by atoms with Crippen LogP contribution < -0.4 is 5.32 Å². The molecule has 0 aliphatic heterocycles. The molecule has 3 heterocycles. The number of fused-ring (bicyclic) bond motifs is 1. The molecule has 0 unspecified atom stereocenters. The highest BCUT2D eigenvalue weighted by Gasteiger charge is 2.14. The average molecular weight is 314 g/mol. The Kier molecular flexibility index (Phi) is 3.29. The van der Waals surface area contributed by atoms with Crippen LogP contribution in [0.2, 0.25) is 0 Å². The maximum atomic E-state index is 9.47. The van der Waals surface area contributed by atoms with Crippen LogP contribution in [0, 0.1) is 18.3 Å². The number of H-pyrrole nitrogens is 1. The fourth-order valence-corrected chi connectivity index (χ4v) is 2.87. The summed E-state index contributed by atoms with van der Waals surface area (Å²) < 4.78 is 5.18. The van der Waals surface area contributed by atoms with Crippen LogP contribution in [0.5, 0.6) is 0 Å². The lowest BCUT2D eigenvalue weighted by Crippen LogP contribution is -1.99. The highest BCUT2D eigenvalue weighted by molar-refractivity contribution is 5.91. The molecule has 4 aromatic rings. The number of pyridine rings is 1. The van der Waals surface area contributed by atoms with E-state index in [9.17, 15) is 5.26 Å². The molecule has 2 N–H and O–H groups in total. The fourth-order valence-electron chi connectivity index (χ4n) is 2.87. The van der Waals surface area contributed by atoms with Gasteiger partial charge in [-0.25, -0.2) is 0 Å². The minimum Gasteiger partial charge on any atom is -0.472 e. The zero-order valence-electron chi connectivity index (χ0n) is 13.0. The Labute approximate surface area is 138 Å². The fraction of sp³-hybridized carbons (Fsp3) is 0.0526. The van der Waals surface area contributed by atoms with Crippen molar-refractivity contribution in [2.45, 2.75) is 6.92 Å². The number of aromatic nitrogens is 2. The second-order valence-corrected chi connectivity index (χ2v) is 5.54. The van der Waals surface area contributed by atoms with Crippen molar-refractivity contribution >= 4 is 22.3 Å². The molecule has 0 spiro atoms. The average Bonchev–Trinajstić information content (AvgIpc) is 3.29. The summed E-state index contributed by atoms with van der Waals surface area (Å²) in [6.07, 6.45) is 8.47. The van der Waals surface area contributed by atoms with Crippen molar-refractivity contribution in [3.05, 3.63) is 66.5 Å². The first-order valence-electron chi connectivity index (χ1n) is 7.52. The lowest BCUT2D eigenvalue weighted by Gasteiger charge is -2.15. The Hall–Kier alpha value is -3.52. The van der Waals surface area contributed by atoms with Gasteiger partial charge >= 0.3 is 0 Å². The molecular weight excluding hydrogens is 300 g/mol. The summed E-state index contributed by atoms with van der Waals surface area (Å²) in [5.74, 6) is 0. The monoisotopic (exact) mass is 314 g/mol. The molecule has 5 nitrogen and oxygen atoms in total. The van der Waals surface area contributed by atoms with Gasteiger partial charge in [0, 0.05) is 46.3 Å². The van der Waals surface area contributed by atoms with Crippen LogP contribution in [0.15, 0.2) is 59.8 Å². The minimum atomic E-state index is 0.488. The SMILES string of the molecule is Cc1c(Nc2c(C#N)cncc2-c2ccoc2)ccc2[nH]ccc12. The summed E-state index contributed by atoms with van der Waals surface area (Å²) >= 11 is 0. The second-order valence-electron chi connectivity index (χ2n) is 5.54. The topological polar surface area (TPSA) is 77.6 Å². The number of furan rings is 1. The van der Waals surface area contributed by atoms with Crippen LogP contribution in [0.3, 0.4) is 0 Å². The number of nitriles is 1. The van der Waals surface area contributed by atoms with Crippen LogP contribution in [0.25, 0.3) is 22.0 Å². The van der Waals surface area contributed by atoms with Crippen LogP contribution >= 0.6 is 0 Å². The highest BCUT2D eigenvalue weighted by Crippen LogP contribution is 2.35. The zero-order chi connectivity index (χ0) is 16.5. The van der Waals surface area contributed by atoms with Crippen molar-refractivity contribution in [2.24, 2.45) is 0 Å². The molecule has 1 aromatic carbocycles. The van der Waals surface area contributed by atoms with Gasteiger partial charge in [0.1, 0.15) is 6.07 Å². The molecule has 0 aliphatic carbocycles. The Balaban J connectivity index is 1.87. The maximum Gasteiger partial charge on any atom is 0.103 e. The minimum absolute atomic E-state index is 0.488. The van der Waals surface area contributed by atoms with Crippen molar-refractivity contribution < 1.29 is 4.42 Å².